The van der Waals surface area contributed by atoms with Crippen molar-refractivity contribution in [3.05, 3.63) is 46.0 Å². The highest BCUT2D eigenvalue weighted by molar-refractivity contribution is 9.09. The number of alkyl halides is 3. The van der Waals surface area contributed by atoms with Crippen molar-refractivity contribution in [2.24, 2.45) is 0 Å². The van der Waals surface area contributed by atoms with Crippen LogP contribution in [0.15, 0.2) is 40.4 Å². The molecule has 0 N–H and O–H groups in total. The fourth-order valence-electron chi connectivity index (χ4n) is 3.68. The maximum Gasteiger partial charge on any atom is 0.219 e. The van der Waals surface area contributed by atoms with Gasteiger partial charge in [-0.25, -0.2) is 0 Å². The van der Waals surface area contributed by atoms with Crippen LogP contribution in [0.4, 0.5) is 0 Å². The van der Waals surface area contributed by atoms with E-state index in [0.717, 1.165) is 5.56 Å². The summed E-state index contributed by atoms with van der Waals surface area (Å²) in [7, 11) is 2.98. The monoisotopic (exact) mass is 444 g/mol. The molecule has 2 aliphatic carbocycles. The summed E-state index contributed by atoms with van der Waals surface area (Å²) >= 11 is 30.5. The highest BCUT2D eigenvalue weighted by Crippen LogP contribution is 2.75. The zero-order valence-corrected chi connectivity index (χ0v) is 16.4. The second-order valence-corrected chi connectivity index (χ2v) is 8.30. The molecule has 0 heterocycles. The van der Waals surface area contributed by atoms with Crippen LogP contribution >= 0.6 is 62.3 Å². The first-order valence-corrected chi connectivity index (χ1v) is 8.99. The van der Waals surface area contributed by atoms with E-state index in [1.807, 2.05) is 30.3 Å². The summed E-state index contributed by atoms with van der Waals surface area (Å²) in [5, 5.41) is 0.516. The zero-order valence-electron chi connectivity index (χ0n) is 11.7. The lowest BCUT2D eigenvalue weighted by molar-refractivity contribution is -0.217. The molecule has 1 fully saturated rings. The number of hydrogen-bond donors (Lipinski definition) is 0. The number of hydrogen-bond acceptors (Lipinski definition) is 2. The Kier molecular flexibility index (Phi) is 4.35. The van der Waals surface area contributed by atoms with E-state index in [2.05, 4.69) is 15.9 Å². The third-order valence-corrected chi connectivity index (χ3v) is 8.71. The molecule has 22 heavy (non-hydrogen) atoms. The van der Waals surface area contributed by atoms with Crippen LogP contribution in [0, 0.1) is 0 Å². The van der Waals surface area contributed by atoms with Crippen LogP contribution in [0.1, 0.15) is 11.5 Å². The smallest absolute Gasteiger partial charge is 0.219 e. The summed E-state index contributed by atoms with van der Waals surface area (Å²) in [5.74, 6) is -1.66. The first-order valence-electron chi connectivity index (χ1n) is 6.56. The Bertz CT molecular complexity index is 634. The van der Waals surface area contributed by atoms with Gasteiger partial charge in [0.1, 0.15) is 4.87 Å². The third kappa shape index (κ3) is 1.67. The SMILES string of the molecule is COC1(OC)C2(Cl)C(Cl)=C(Cl)C1(Cl)C(c1ccccc1)C2Br. The Morgan fingerprint density at radius 2 is 1.45 bits per heavy atom. The predicted molar refractivity (Wildman–Crippen MR) is 94.5 cm³/mol. The van der Waals surface area contributed by atoms with Crippen LogP contribution in [0.3, 0.4) is 0 Å². The van der Waals surface area contributed by atoms with Gasteiger partial charge in [0.2, 0.25) is 5.79 Å². The molecule has 0 saturated heterocycles. The van der Waals surface area contributed by atoms with Crippen molar-refractivity contribution in [1.82, 2.24) is 0 Å². The minimum Gasteiger partial charge on any atom is -0.349 e. The fraction of sp³-hybridized carbons (Fsp3) is 0.467. The molecule has 1 aromatic carbocycles. The number of benzene rings is 1. The minimum absolute atomic E-state index is 0.253. The fourth-order valence-corrected chi connectivity index (χ4v) is 7.30. The van der Waals surface area contributed by atoms with Gasteiger partial charge >= 0.3 is 0 Å². The predicted octanol–water partition coefficient (Wildman–Crippen LogP) is 5.19. The van der Waals surface area contributed by atoms with Crippen LogP contribution in [-0.2, 0) is 9.47 Å². The van der Waals surface area contributed by atoms with E-state index in [1.165, 1.54) is 14.2 Å². The van der Waals surface area contributed by atoms with Crippen molar-refractivity contribution in [3.63, 3.8) is 0 Å². The molecule has 0 radical (unpaired) electrons. The van der Waals surface area contributed by atoms with Crippen LogP contribution in [0.25, 0.3) is 0 Å². The maximum atomic E-state index is 7.01. The van der Waals surface area contributed by atoms with Gasteiger partial charge in [-0.05, 0) is 5.56 Å². The molecule has 4 atom stereocenters. The molecule has 2 aliphatic rings. The Morgan fingerprint density at radius 1 is 0.955 bits per heavy atom. The van der Waals surface area contributed by atoms with Gasteiger partial charge < -0.3 is 9.47 Å². The molecule has 1 saturated carbocycles. The van der Waals surface area contributed by atoms with E-state index in [0.29, 0.717) is 0 Å². The van der Waals surface area contributed by atoms with Crippen molar-refractivity contribution >= 4 is 62.3 Å². The molecule has 7 heteroatoms. The molecule has 3 rings (SSSR count). The summed E-state index contributed by atoms with van der Waals surface area (Å²) in [5.41, 5.74) is 0.975. The highest BCUT2D eigenvalue weighted by Gasteiger charge is 2.84. The Balaban J connectivity index is 2.31. The summed E-state index contributed by atoms with van der Waals surface area (Å²) in [6, 6.07) is 9.74. The molecule has 1 aromatic rings. The van der Waals surface area contributed by atoms with Crippen molar-refractivity contribution in [3.8, 4) is 0 Å². The topological polar surface area (TPSA) is 18.5 Å². The Hall–Kier alpha value is 0.520. The van der Waals surface area contributed by atoms with E-state index in [4.69, 9.17) is 55.9 Å². The van der Waals surface area contributed by atoms with E-state index >= 15 is 0 Å². The molecular weight excluding hydrogens is 434 g/mol. The van der Waals surface area contributed by atoms with Gasteiger partial charge in [-0.3, -0.25) is 0 Å². The first kappa shape index (κ1) is 17.3. The van der Waals surface area contributed by atoms with E-state index in [9.17, 15) is 0 Å². The molecule has 2 nitrogen and oxygen atoms in total. The summed E-state index contributed by atoms with van der Waals surface area (Å²) in [6.07, 6.45) is 0. The quantitative estimate of drug-likeness (QED) is 0.469. The van der Waals surface area contributed by atoms with Crippen molar-refractivity contribution in [2.75, 3.05) is 14.2 Å². The van der Waals surface area contributed by atoms with E-state index < -0.39 is 15.5 Å². The lowest BCUT2D eigenvalue weighted by Gasteiger charge is -2.41. The second kappa shape index (κ2) is 5.52. The molecule has 0 spiro atoms. The minimum atomic E-state index is -1.38. The number of methoxy groups -OCH3 is 2. The molecule has 4 unspecified atom stereocenters. The molecule has 2 bridgehead atoms. The summed E-state index contributed by atoms with van der Waals surface area (Å²) < 4.78 is 11.4. The van der Waals surface area contributed by atoms with Gasteiger partial charge in [-0.15, -0.1) is 23.2 Å². The van der Waals surface area contributed by atoms with Gasteiger partial charge in [0, 0.05) is 20.1 Å². The van der Waals surface area contributed by atoms with Crippen LogP contribution in [0.2, 0.25) is 0 Å². The highest BCUT2D eigenvalue weighted by atomic mass is 79.9. The Labute approximate surface area is 157 Å². The molecular formula is C15H13BrCl4O2. The summed E-state index contributed by atoms with van der Waals surface area (Å²) in [6.45, 7) is 0. The first-order chi connectivity index (χ1) is 10.3. The van der Waals surface area contributed by atoms with Gasteiger partial charge in [0.05, 0.1) is 14.9 Å². The molecule has 0 aliphatic heterocycles. The van der Waals surface area contributed by atoms with E-state index in [-0.39, 0.29) is 20.8 Å². The number of halogens is 5. The summed E-state index contributed by atoms with van der Waals surface area (Å²) in [4.78, 5) is -2.78. The average molecular weight is 447 g/mol. The van der Waals surface area contributed by atoms with Crippen molar-refractivity contribution < 1.29 is 9.47 Å². The van der Waals surface area contributed by atoms with Crippen LogP contribution in [0.5, 0.6) is 0 Å². The van der Waals surface area contributed by atoms with Crippen LogP contribution in [-0.4, -0.2) is 34.6 Å². The van der Waals surface area contributed by atoms with Gasteiger partial charge in [-0.2, -0.15) is 0 Å². The van der Waals surface area contributed by atoms with Crippen molar-refractivity contribution in [1.29, 1.82) is 0 Å². The Morgan fingerprint density at radius 3 is 1.91 bits per heavy atom. The average Bonchev–Trinajstić information content (AvgIpc) is 2.77. The molecule has 0 amide bonds. The third-order valence-electron chi connectivity index (χ3n) is 4.62. The number of fused-ring (bicyclic) bond motifs is 2. The molecule has 120 valence electrons. The number of rotatable bonds is 3. The lowest BCUT2D eigenvalue weighted by atomic mass is 9.85. The lowest BCUT2D eigenvalue weighted by Crippen LogP contribution is -2.57. The van der Waals surface area contributed by atoms with Crippen molar-refractivity contribution in [2.45, 2.75) is 26.3 Å². The largest absolute Gasteiger partial charge is 0.349 e. The normalized spacial score (nSPS) is 39.6. The van der Waals surface area contributed by atoms with Crippen LogP contribution < -0.4 is 0 Å². The maximum absolute atomic E-state index is 7.01. The zero-order chi connectivity index (χ0) is 16.3. The van der Waals surface area contributed by atoms with Gasteiger partial charge in [-0.1, -0.05) is 69.5 Å². The van der Waals surface area contributed by atoms with Gasteiger partial charge in [0.25, 0.3) is 0 Å². The van der Waals surface area contributed by atoms with Gasteiger partial charge in [0.15, 0.2) is 4.87 Å². The molecule has 0 aromatic heterocycles. The van der Waals surface area contributed by atoms with E-state index in [1.54, 1.807) is 0 Å². The standard InChI is InChI=1S/C15H13BrCl4O2/c1-21-15(22-2)13(19)9(8-6-4-3-5-7-8)10(16)14(15,20)12(18)11(13)17/h3-7,9-10H,1-2H3. The number of ether oxygens (including phenoxy) is 2. The second-order valence-electron chi connectivity index (χ2n) is 5.37.